The minimum Gasteiger partial charge on any atom is -0.384 e. The monoisotopic (exact) mass is 220 g/mol. The van der Waals surface area contributed by atoms with Crippen LogP contribution in [-0.4, -0.2) is 23.1 Å². The Hall–Kier alpha value is -1.32. The zero-order valence-electron chi connectivity index (χ0n) is 9.95. The molecule has 1 aliphatic heterocycles. The summed E-state index contributed by atoms with van der Waals surface area (Å²) < 4.78 is 0. The van der Waals surface area contributed by atoms with Gasteiger partial charge < -0.3 is 10.6 Å². The van der Waals surface area contributed by atoms with E-state index >= 15 is 0 Å². The maximum atomic E-state index is 5.76. The van der Waals surface area contributed by atoms with Crippen LogP contribution in [0.25, 0.3) is 0 Å². The highest BCUT2D eigenvalue weighted by molar-refractivity contribution is 5.46. The van der Waals surface area contributed by atoms with E-state index in [9.17, 15) is 0 Å². The molecule has 16 heavy (non-hydrogen) atoms. The molecule has 0 aliphatic carbocycles. The fourth-order valence-electron chi connectivity index (χ4n) is 2.21. The van der Waals surface area contributed by atoms with E-state index in [0.29, 0.717) is 5.82 Å². The van der Waals surface area contributed by atoms with Gasteiger partial charge in [-0.1, -0.05) is 19.3 Å². The molecule has 2 heterocycles. The molecule has 0 unspecified atom stereocenters. The van der Waals surface area contributed by atoms with Gasteiger partial charge in [-0.2, -0.15) is 0 Å². The normalized spacial score (nSPS) is 17.9. The SMILES string of the molecule is Cc1nc(N)cc(N2CCCCCCC2)n1. The number of hydrogen-bond donors (Lipinski definition) is 1. The van der Waals surface area contributed by atoms with Crippen molar-refractivity contribution in [2.24, 2.45) is 0 Å². The average molecular weight is 220 g/mol. The van der Waals surface area contributed by atoms with Gasteiger partial charge in [0.25, 0.3) is 0 Å². The first-order chi connectivity index (χ1) is 7.75. The van der Waals surface area contributed by atoms with Crippen LogP contribution in [0, 0.1) is 6.92 Å². The Morgan fingerprint density at radius 3 is 2.31 bits per heavy atom. The number of anilines is 2. The number of hydrogen-bond acceptors (Lipinski definition) is 4. The van der Waals surface area contributed by atoms with E-state index < -0.39 is 0 Å². The zero-order chi connectivity index (χ0) is 11.4. The van der Waals surface area contributed by atoms with Crippen LogP contribution in [0.5, 0.6) is 0 Å². The van der Waals surface area contributed by atoms with Gasteiger partial charge in [-0.3, -0.25) is 0 Å². The lowest BCUT2D eigenvalue weighted by Gasteiger charge is -2.26. The Morgan fingerprint density at radius 1 is 1.06 bits per heavy atom. The smallest absolute Gasteiger partial charge is 0.134 e. The van der Waals surface area contributed by atoms with Crippen molar-refractivity contribution in [3.05, 3.63) is 11.9 Å². The molecular formula is C12H20N4. The van der Waals surface area contributed by atoms with Crippen LogP contribution < -0.4 is 10.6 Å². The number of aromatic nitrogens is 2. The van der Waals surface area contributed by atoms with Crippen molar-refractivity contribution in [2.45, 2.75) is 39.0 Å². The molecule has 88 valence electrons. The van der Waals surface area contributed by atoms with Gasteiger partial charge in [-0.25, -0.2) is 9.97 Å². The molecule has 2 rings (SSSR count). The Morgan fingerprint density at radius 2 is 1.69 bits per heavy atom. The van der Waals surface area contributed by atoms with E-state index in [1.807, 2.05) is 13.0 Å². The number of aryl methyl sites for hydroxylation is 1. The largest absolute Gasteiger partial charge is 0.384 e. The third kappa shape index (κ3) is 2.84. The van der Waals surface area contributed by atoms with Crippen molar-refractivity contribution in [1.29, 1.82) is 0 Å². The minimum atomic E-state index is 0.574. The third-order valence-corrected chi connectivity index (χ3v) is 3.02. The Bertz CT molecular complexity index is 323. The lowest BCUT2D eigenvalue weighted by atomic mass is 10.1. The van der Waals surface area contributed by atoms with Gasteiger partial charge >= 0.3 is 0 Å². The average Bonchev–Trinajstić information content (AvgIpc) is 2.14. The molecule has 0 bridgehead atoms. The van der Waals surface area contributed by atoms with Crippen molar-refractivity contribution in [3.63, 3.8) is 0 Å². The molecule has 1 aromatic heterocycles. The van der Waals surface area contributed by atoms with Gasteiger partial charge in [0.2, 0.25) is 0 Å². The summed E-state index contributed by atoms with van der Waals surface area (Å²) in [6.45, 7) is 4.08. The molecule has 1 fully saturated rings. The topological polar surface area (TPSA) is 55.0 Å². The zero-order valence-corrected chi connectivity index (χ0v) is 9.95. The lowest BCUT2D eigenvalue weighted by molar-refractivity contribution is 0.553. The van der Waals surface area contributed by atoms with Crippen LogP contribution in [0.15, 0.2) is 6.07 Å². The maximum absolute atomic E-state index is 5.76. The predicted octanol–water partition coefficient (Wildman–Crippen LogP) is 2.14. The van der Waals surface area contributed by atoms with Gasteiger partial charge in [0.05, 0.1) is 0 Å². The predicted molar refractivity (Wildman–Crippen MR) is 66.5 cm³/mol. The van der Waals surface area contributed by atoms with Crippen LogP contribution in [0.1, 0.15) is 37.9 Å². The number of nitrogens with zero attached hydrogens (tertiary/aromatic N) is 3. The molecule has 0 radical (unpaired) electrons. The quantitative estimate of drug-likeness (QED) is 0.787. The summed E-state index contributed by atoms with van der Waals surface area (Å²) in [5.41, 5.74) is 5.76. The summed E-state index contributed by atoms with van der Waals surface area (Å²) in [6.07, 6.45) is 6.54. The summed E-state index contributed by atoms with van der Waals surface area (Å²) >= 11 is 0. The molecule has 4 heteroatoms. The molecule has 4 nitrogen and oxygen atoms in total. The molecule has 0 saturated carbocycles. The highest BCUT2D eigenvalue weighted by atomic mass is 15.2. The highest BCUT2D eigenvalue weighted by Gasteiger charge is 2.11. The third-order valence-electron chi connectivity index (χ3n) is 3.02. The van der Waals surface area contributed by atoms with Crippen molar-refractivity contribution in [2.75, 3.05) is 23.7 Å². The van der Waals surface area contributed by atoms with E-state index in [2.05, 4.69) is 14.9 Å². The van der Waals surface area contributed by atoms with Gasteiger partial charge in [0.15, 0.2) is 0 Å². The first-order valence-electron chi connectivity index (χ1n) is 6.12. The van der Waals surface area contributed by atoms with Crippen molar-refractivity contribution >= 4 is 11.6 Å². The van der Waals surface area contributed by atoms with E-state index in [0.717, 1.165) is 24.7 Å². The molecule has 2 N–H and O–H groups in total. The molecule has 0 atom stereocenters. The van der Waals surface area contributed by atoms with Crippen LogP contribution in [0.2, 0.25) is 0 Å². The fourth-order valence-corrected chi connectivity index (χ4v) is 2.21. The minimum absolute atomic E-state index is 0.574. The van der Waals surface area contributed by atoms with Crippen LogP contribution in [-0.2, 0) is 0 Å². The van der Waals surface area contributed by atoms with Crippen LogP contribution in [0.4, 0.5) is 11.6 Å². The van der Waals surface area contributed by atoms with E-state index in [1.54, 1.807) is 0 Å². The van der Waals surface area contributed by atoms with E-state index in [1.165, 1.54) is 32.1 Å². The van der Waals surface area contributed by atoms with E-state index in [4.69, 9.17) is 5.73 Å². The summed E-state index contributed by atoms with van der Waals surface area (Å²) in [4.78, 5) is 10.9. The number of nitrogen functional groups attached to an aromatic ring is 1. The van der Waals surface area contributed by atoms with Crippen LogP contribution in [0.3, 0.4) is 0 Å². The van der Waals surface area contributed by atoms with Crippen molar-refractivity contribution in [1.82, 2.24) is 9.97 Å². The van der Waals surface area contributed by atoms with Crippen molar-refractivity contribution in [3.8, 4) is 0 Å². The molecule has 1 aliphatic rings. The van der Waals surface area contributed by atoms with Crippen molar-refractivity contribution < 1.29 is 0 Å². The molecule has 0 aromatic carbocycles. The second-order valence-electron chi connectivity index (χ2n) is 4.45. The Labute approximate surface area is 96.9 Å². The maximum Gasteiger partial charge on any atom is 0.134 e. The van der Waals surface area contributed by atoms with Gasteiger partial charge in [0, 0.05) is 19.2 Å². The summed E-state index contributed by atoms with van der Waals surface area (Å²) in [5, 5.41) is 0. The van der Waals surface area contributed by atoms with E-state index in [-0.39, 0.29) is 0 Å². The van der Waals surface area contributed by atoms with Gasteiger partial charge in [-0.15, -0.1) is 0 Å². The first-order valence-corrected chi connectivity index (χ1v) is 6.12. The highest BCUT2D eigenvalue weighted by Crippen LogP contribution is 2.18. The van der Waals surface area contributed by atoms with Crippen LogP contribution >= 0.6 is 0 Å². The summed E-state index contributed by atoms with van der Waals surface area (Å²) in [6, 6.07) is 1.88. The Kier molecular flexibility index (Phi) is 3.59. The molecule has 1 saturated heterocycles. The second kappa shape index (κ2) is 5.14. The van der Waals surface area contributed by atoms with Gasteiger partial charge in [0.1, 0.15) is 17.5 Å². The second-order valence-corrected chi connectivity index (χ2v) is 4.45. The fraction of sp³-hybridized carbons (Fsp3) is 0.667. The number of nitrogens with two attached hydrogens (primary N) is 1. The molecule has 0 spiro atoms. The Balaban J connectivity index is 2.13. The van der Waals surface area contributed by atoms with Gasteiger partial charge in [-0.05, 0) is 19.8 Å². The first kappa shape index (κ1) is 11.2. The summed E-state index contributed by atoms with van der Waals surface area (Å²) in [5.74, 6) is 2.33. The standard InChI is InChI=1S/C12H20N4/c1-10-14-11(13)9-12(15-10)16-7-5-3-2-4-6-8-16/h9H,2-8H2,1H3,(H2,13,14,15). The lowest BCUT2D eigenvalue weighted by Crippen LogP contribution is -2.28. The molecular weight excluding hydrogens is 200 g/mol. The number of rotatable bonds is 1. The molecule has 1 aromatic rings. The molecule has 0 amide bonds. The summed E-state index contributed by atoms with van der Waals surface area (Å²) in [7, 11) is 0.